The largest absolute Gasteiger partial charge is 0.347 e. The monoisotopic (exact) mass is 285 g/mol. The fourth-order valence-corrected chi connectivity index (χ4v) is 1.36. The zero-order valence-electron chi connectivity index (χ0n) is 11.8. The van der Waals surface area contributed by atoms with Crippen molar-refractivity contribution in [1.29, 1.82) is 0 Å². The minimum Gasteiger partial charge on any atom is -0.347 e. The first-order valence-corrected chi connectivity index (χ1v) is 6.25. The smallest absolute Gasteiger partial charge is 0.260 e. The highest BCUT2D eigenvalue weighted by Gasteiger charge is 2.16. The number of aromatic nitrogens is 3. The van der Waals surface area contributed by atoms with Crippen molar-refractivity contribution in [3.63, 3.8) is 0 Å². The van der Waals surface area contributed by atoms with Crippen molar-refractivity contribution in [2.24, 2.45) is 0 Å². The molecule has 0 saturated heterocycles. The molecular formula is C11H19N5O4. The van der Waals surface area contributed by atoms with Gasteiger partial charge in [0.05, 0.1) is 6.20 Å². The highest BCUT2D eigenvalue weighted by atomic mass is 16.7. The van der Waals surface area contributed by atoms with Gasteiger partial charge in [0, 0.05) is 20.1 Å². The first-order valence-electron chi connectivity index (χ1n) is 6.25. The molecule has 0 saturated carbocycles. The average Bonchev–Trinajstić information content (AvgIpc) is 2.84. The van der Waals surface area contributed by atoms with Gasteiger partial charge in [-0.1, -0.05) is 5.21 Å². The van der Waals surface area contributed by atoms with Crippen LogP contribution in [-0.2, 0) is 25.6 Å². The van der Waals surface area contributed by atoms with Gasteiger partial charge in [-0.05, 0) is 13.8 Å². The lowest BCUT2D eigenvalue weighted by Gasteiger charge is -2.13. The fraction of sp³-hybridized carbons (Fsp3) is 0.636. The van der Waals surface area contributed by atoms with E-state index in [9.17, 15) is 9.59 Å². The lowest BCUT2D eigenvalue weighted by Crippen LogP contribution is -2.42. The third-order valence-electron chi connectivity index (χ3n) is 2.12. The molecule has 0 bridgehead atoms. The Morgan fingerprint density at radius 1 is 1.30 bits per heavy atom. The predicted octanol–water partition coefficient (Wildman–Crippen LogP) is -0.483. The van der Waals surface area contributed by atoms with Crippen molar-refractivity contribution in [2.45, 2.75) is 33.6 Å². The van der Waals surface area contributed by atoms with Gasteiger partial charge < -0.3 is 9.47 Å². The molecule has 0 spiro atoms. The van der Waals surface area contributed by atoms with Crippen LogP contribution in [0.2, 0.25) is 0 Å². The molecule has 9 nitrogen and oxygen atoms in total. The second kappa shape index (κ2) is 8.23. The van der Waals surface area contributed by atoms with E-state index in [1.807, 2.05) is 13.8 Å². The van der Waals surface area contributed by atoms with Gasteiger partial charge in [-0.15, -0.1) is 5.10 Å². The van der Waals surface area contributed by atoms with Gasteiger partial charge in [0.25, 0.3) is 5.91 Å². The Morgan fingerprint density at radius 2 is 1.95 bits per heavy atom. The van der Waals surface area contributed by atoms with E-state index in [0.29, 0.717) is 18.9 Å². The lowest BCUT2D eigenvalue weighted by atomic mass is 10.4. The van der Waals surface area contributed by atoms with Gasteiger partial charge in [0.1, 0.15) is 12.2 Å². The summed E-state index contributed by atoms with van der Waals surface area (Å²) >= 11 is 0. The molecule has 2 amide bonds. The van der Waals surface area contributed by atoms with Crippen molar-refractivity contribution in [2.75, 3.05) is 13.2 Å². The summed E-state index contributed by atoms with van der Waals surface area (Å²) in [6.45, 7) is 5.86. The van der Waals surface area contributed by atoms with E-state index in [1.54, 1.807) is 6.20 Å². The van der Waals surface area contributed by atoms with Crippen LogP contribution in [0.5, 0.6) is 0 Å². The molecule has 1 heterocycles. The van der Waals surface area contributed by atoms with Crippen molar-refractivity contribution < 1.29 is 19.1 Å². The summed E-state index contributed by atoms with van der Waals surface area (Å²) in [7, 11) is 0. The van der Waals surface area contributed by atoms with Crippen LogP contribution in [0, 0.1) is 0 Å². The molecule has 0 fully saturated rings. The zero-order chi connectivity index (χ0) is 15.0. The number of hydrogen-bond donors (Lipinski definition) is 2. The molecule has 9 heteroatoms. The summed E-state index contributed by atoms with van der Waals surface area (Å²) in [6, 6.07) is 0. The van der Waals surface area contributed by atoms with Crippen molar-refractivity contribution in [1.82, 2.24) is 25.8 Å². The number of hydrazine groups is 1. The van der Waals surface area contributed by atoms with Crippen LogP contribution < -0.4 is 10.9 Å². The molecule has 1 aromatic rings. The molecule has 0 aromatic carbocycles. The molecule has 112 valence electrons. The topological polar surface area (TPSA) is 107 Å². The molecule has 2 N–H and O–H groups in total. The number of ether oxygens (including phenoxy) is 2. The van der Waals surface area contributed by atoms with Gasteiger partial charge >= 0.3 is 0 Å². The molecule has 1 rings (SSSR count). The third kappa shape index (κ3) is 5.33. The van der Waals surface area contributed by atoms with Crippen LogP contribution in [0.1, 0.15) is 32.8 Å². The molecule has 0 radical (unpaired) electrons. The Morgan fingerprint density at radius 3 is 2.50 bits per heavy atom. The van der Waals surface area contributed by atoms with Crippen LogP contribution in [0.15, 0.2) is 6.20 Å². The number of carbonyl (C=O) groups is 2. The lowest BCUT2D eigenvalue weighted by molar-refractivity contribution is -0.142. The summed E-state index contributed by atoms with van der Waals surface area (Å²) in [5.41, 5.74) is 4.90. The SMILES string of the molecule is CCOC(OCC)c1cn(CC(=O)NNC(C)=O)nn1. The highest BCUT2D eigenvalue weighted by Crippen LogP contribution is 2.15. The van der Waals surface area contributed by atoms with Crippen LogP contribution in [0.25, 0.3) is 0 Å². The molecule has 0 aliphatic heterocycles. The maximum absolute atomic E-state index is 11.5. The average molecular weight is 285 g/mol. The minimum absolute atomic E-state index is 0.0712. The van der Waals surface area contributed by atoms with Gasteiger partial charge in [-0.25, -0.2) is 4.68 Å². The molecule has 0 unspecified atom stereocenters. The molecule has 20 heavy (non-hydrogen) atoms. The van der Waals surface area contributed by atoms with E-state index in [-0.39, 0.29) is 12.5 Å². The van der Waals surface area contributed by atoms with Gasteiger partial charge in [0.15, 0.2) is 0 Å². The third-order valence-corrected chi connectivity index (χ3v) is 2.12. The predicted molar refractivity (Wildman–Crippen MR) is 68.0 cm³/mol. The fourth-order valence-electron chi connectivity index (χ4n) is 1.36. The van der Waals surface area contributed by atoms with Crippen molar-refractivity contribution >= 4 is 11.8 Å². The molecule has 0 aliphatic rings. The van der Waals surface area contributed by atoms with Crippen molar-refractivity contribution in [3.05, 3.63) is 11.9 Å². The summed E-state index contributed by atoms with van der Waals surface area (Å²) in [5.74, 6) is -0.772. The summed E-state index contributed by atoms with van der Waals surface area (Å²) in [4.78, 5) is 22.1. The molecule has 0 aliphatic carbocycles. The number of carbonyl (C=O) groups excluding carboxylic acids is 2. The summed E-state index contributed by atoms with van der Waals surface area (Å²) in [6.07, 6.45) is 0.959. The first-order chi connectivity index (χ1) is 9.56. The van der Waals surface area contributed by atoms with E-state index in [4.69, 9.17) is 9.47 Å². The van der Waals surface area contributed by atoms with Crippen LogP contribution in [-0.4, -0.2) is 40.0 Å². The van der Waals surface area contributed by atoms with E-state index < -0.39 is 12.2 Å². The number of rotatable bonds is 7. The summed E-state index contributed by atoms with van der Waals surface area (Å²) < 4.78 is 12.1. The minimum atomic E-state index is -0.600. The first kappa shape index (κ1) is 16.1. The van der Waals surface area contributed by atoms with Crippen LogP contribution in [0.4, 0.5) is 0 Å². The Bertz CT molecular complexity index is 442. The maximum Gasteiger partial charge on any atom is 0.260 e. The maximum atomic E-state index is 11.5. The molecular weight excluding hydrogens is 266 g/mol. The van der Waals surface area contributed by atoms with Crippen molar-refractivity contribution in [3.8, 4) is 0 Å². The van der Waals surface area contributed by atoms with Gasteiger partial charge in [-0.2, -0.15) is 0 Å². The Labute approximate surface area is 116 Å². The second-order valence-electron chi connectivity index (χ2n) is 3.81. The van der Waals surface area contributed by atoms with Crippen LogP contribution >= 0.6 is 0 Å². The number of hydrogen-bond acceptors (Lipinski definition) is 6. The van der Waals surface area contributed by atoms with Crippen LogP contribution in [0.3, 0.4) is 0 Å². The second-order valence-corrected chi connectivity index (χ2v) is 3.81. The van der Waals surface area contributed by atoms with E-state index in [2.05, 4.69) is 21.2 Å². The normalized spacial score (nSPS) is 10.6. The van der Waals surface area contributed by atoms with E-state index in [0.717, 1.165) is 0 Å². The molecule has 0 atom stereocenters. The number of nitrogens with zero attached hydrogens (tertiary/aromatic N) is 3. The van der Waals surface area contributed by atoms with Gasteiger partial charge in [-0.3, -0.25) is 20.4 Å². The quantitative estimate of drug-likeness (QED) is 0.517. The number of amides is 2. The Hall–Kier alpha value is -2.00. The zero-order valence-corrected chi connectivity index (χ0v) is 11.8. The Kier molecular flexibility index (Phi) is 6.60. The standard InChI is InChI=1S/C11H19N5O4/c1-4-19-11(20-5-2)9-6-16(15-13-9)7-10(18)14-12-8(3)17/h6,11H,4-5,7H2,1-3H3,(H,12,17)(H,14,18). The summed E-state index contributed by atoms with van der Waals surface area (Å²) in [5, 5.41) is 7.70. The number of nitrogens with one attached hydrogen (secondary N) is 2. The molecule has 1 aromatic heterocycles. The van der Waals surface area contributed by atoms with Gasteiger partial charge in [0.2, 0.25) is 12.2 Å². The Balaban J connectivity index is 2.57. The highest BCUT2D eigenvalue weighted by molar-refractivity contribution is 5.80. The van der Waals surface area contributed by atoms with E-state index >= 15 is 0 Å². The van der Waals surface area contributed by atoms with E-state index in [1.165, 1.54) is 11.6 Å².